The van der Waals surface area contributed by atoms with Gasteiger partial charge < -0.3 is 8.98 Å². The molecule has 0 amide bonds. The van der Waals surface area contributed by atoms with Crippen LogP contribution in [-0.2, 0) is 0 Å². The minimum atomic E-state index is 0.124. The number of aromatic nitrogens is 2. The van der Waals surface area contributed by atoms with Crippen LogP contribution in [0.15, 0.2) is 196 Å². The van der Waals surface area contributed by atoms with E-state index in [-0.39, 0.29) is 5.92 Å². The molecule has 0 bridgehead atoms. The van der Waals surface area contributed by atoms with Crippen LogP contribution in [0, 0.1) is 5.92 Å². The molecule has 0 saturated heterocycles. The summed E-state index contributed by atoms with van der Waals surface area (Å²) in [5.74, 6) is 1.63. The zero-order valence-corrected chi connectivity index (χ0v) is 31.8. The van der Waals surface area contributed by atoms with Crippen LogP contribution in [0.25, 0.3) is 87.8 Å². The number of aliphatic imine (C=N–C) groups is 2. The predicted molar refractivity (Wildman–Crippen MR) is 243 cm³/mol. The van der Waals surface area contributed by atoms with E-state index in [1.807, 2.05) is 6.07 Å². The van der Waals surface area contributed by atoms with Gasteiger partial charge in [0, 0.05) is 43.8 Å². The Hall–Kier alpha value is -7.50. The molecule has 1 atom stereocenters. The number of allylic oxidation sites excluding steroid dienone is 1. The Morgan fingerprint density at radius 1 is 0.517 bits per heavy atom. The van der Waals surface area contributed by atoms with E-state index < -0.39 is 0 Å². The summed E-state index contributed by atoms with van der Waals surface area (Å²) in [6, 6.07) is 62.4. The van der Waals surface area contributed by atoms with E-state index in [0.717, 1.165) is 78.8 Å². The number of para-hydroxylation sites is 4. The maximum absolute atomic E-state index is 6.98. The van der Waals surface area contributed by atoms with Crippen molar-refractivity contribution < 1.29 is 4.42 Å². The lowest BCUT2D eigenvalue weighted by Crippen LogP contribution is -2.18. The number of amidine groups is 1. The number of furan rings is 1. The average Bonchev–Trinajstić information content (AvgIpc) is 3.93. The Kier molecular flexibility index (Phi) is 7.20. The van der Waals surface area contributed by atoms with Crippen molar-refractivity contribution in [1.29, 1.82) is 0 Å². The van der Waals surface area contributed by atoms with Crippen molar-refractivity contribution in [3.63, 3.8) is 0 Å². The molecule has 0 fully saturated rings. The number of nitrogens with zero attached hydrogens (tertiary/aromatic N) is 4. The van der Waals surface area contributed by atoms with E-state index in [4.69, 9.17) is 14.4 Å². The molecule has 0 aliphatic carbocycles. The Morgan fingerprint density at radius 2 is 1.10 bits per heavy atom. The summed E-state index contributed by atoms with van der Waals surface area (Å²) in [5, 5.41) is 9.24. The van der Waals surface area contributed by atoms with Crippen molar-refractivity contribution in [2.75, 3.05) is 0 Å². The molecule has 5 nitrogen and oxygen atoms in total. The highest BCUT2D eigenvalue weighted by Crippen LogP contribution is 2.42. The third kappa shape index (κ3) is 4.90. The largest absolute Gasteiger partial charge is 0.454 e. The van der Waals surface area contributed by atoms with Crippen LogP contribution in [-0.4, -0.2) is 20.7 Å². The van der Waals surface area contributed by atoms with Crippen LogP contribution in [0.4, 0.5) is 0 Å². The van der Waals surface area contributed by atoms with Crippen LogP contribution in [0.1, 0.15) is 24.5 Å². The Balaban J connectivity index is 1.18. The number of benzene rings is 8. The van der Waals surface area contributed by atoms with Gasteiger partial charge in [0.25, 0.3) is 0 Å². The third-order valence-electron chi connectivity index (χ3n) is 12.0. The molecule has 0 N–H and O–H groups in total. The lowest BCUT2D eigenvalue weighted by Gasteiger charge is -2.20. The molecule has 274 valence electrons. The fourth-order valence-corrected chi connectivity index (χ4v) is 9.28. The molecule has 3 aromatic heterocycles. The Bertz CT molecular complexity index is 3500. The van der Waals surface area contributed by atoms with Gasteiger partial charge in [-0.05, 0) is 77.4 Å². The highest BCUT2D eigenvalue weighted by molar-refractivity contribution is 6.24. The molecule has 1 unspecified atom stereocenters. The normalized spacial score (nSPS) is 15.9. The van der Waals surface area contributed by atoms with E-state index in [9.17, 15) is 0 Å². The number of rotatable bonds is 4. The van der Waals surface area contributed by atoms with Crippen LogP contribution >= 0.6 is 0 Å². The SMILES string of the molecule is CC1C/C=C(\n2c3ccccc3c3ccccc32)N=C(c2ccc(-n3c4ccccc4c4cc5ccccc5cc43)c3oc4ccccc4c23)N=C1c1ccccc1. The van der Waals surface area contributed by atoms with E-state index in [0.29, 0.717) is 5.84 Å². The van der Waals surface area contributed by atoms with Gasteiger partial charge in [-0.2, -0.15) is 0 Å². The number of hydrogen-bond donors (Lipinski definition) is 0. The summed E-state index contributed by atoms with van der Waals surface area (Å²) in [6.07, 6.45) is 3.08. The summed E-state index contributed by atoms with van der Waals surface area (Å²) in [4.78, 5) is 11.2. The molecule has 1 aliphatic heterocycles. The predicted octanol–water partition coefficient (Wildman–Crippen LogP) is 13.7. The first-order valence-electron chi connectivity index (χ1n) is 20.0. The van der Waals surface area contributed by atoms with Crippen molar-refractivity contribution >= 4 is 93.7 Å². The van der Waals surface area contributed by atoms with Crippen LogP contribution in [0.3, 0.4) is 0 Å². The lowest BCUT2D eigenvalue weighted by molar-refractivity contribution is 0.666. The van der Waals surface area contributed by atoms with E-state index in [1.165, 1.54) is 32.3 Å². The molecule has 0 saturated carbocycles. The number of hydrogen-bond acceptors (Lipinski definition) is 3. The molecular weight excluding hydrogens is 709 g/mol. The first-order valence-corrected chi connectivity index (χ1v) is 20.0. The zero-order chi connectivity index (χ0) is 38.3. The second kappa shape index (κ2) is 12.8. The van der Waals surface area contributed by atoms with Crippen molar-refractivity contribution in [3.05, 3.63) is 193 Å². The molecule has 12 rings (SSSR count). The highest BCUT2D eigenvalue weighted by atomic mass is 16.3. The van der Waals surface area contributed by atoms with Gasteiger partial charge in [0.05, 0.1) is 33.5 Å². The number of fused-ring (bicyclic) bond motifs is 10. The van der Waals surface area contributed by atoms with Gasteiger partial charge in [-0.25, -0.2) is 9.98 Å². The minimum Gasteiger partial charge on any atom is -0.454 e. The molecule has 0 radical (unpaired) electrons. The first kappa shape index (κ1) is 32.7. The second-order valence-electron chi connectivity index (χ2n) is 15.4. The maximum Gasteiger partial charge on any atom is 0.162 e. The standard InChI is InChI=1S/C53H36N4O/c1-33-27-30-49(57-44-24-12-7-19-37(44)38-20-8-13-25-45(38)57)54-53(55-51(33)34-15-3-2-4-16-34)41-28-29-46(52-50(41)40-22-10-14-26-48(40)58-52)56-43-23-11-9-21-39(43)42-31-35-17-5-6-18-36(35)32-47(42)56/h2-26,28-33H,27H2,1H3/b49-30-,54-53?,55-51?. The van der Waals surface area contributed by atoms with Gasteiger partial charge in [0.1, 0.15) is 11.4 Å². The smallest absolute Gasteiger partial charge is 0.162 e. The first-order chi connectivity index (χ1) is 28.7. The highest BCUT2D eigenvalue weighted by Gasteiger charge is 2.25. The summed E-state index contributed by atoms with van der Waals surface area (Å²) in [7, 11) is 0. The van der Waals surface area contributed by atoms with Crippen molar-refractivity contribution in [2.45, 2.75) is 13.3 Å². The quantitative estimate of drug-likeness (QED) is 0.177. The van der Waals surface area contributed by atoms with E-state index in [2.05, 4.69) is 192 Å². The summed E-state index contributed by atoms with van der Waals surface area (Å²) in [6.45, 7) is 2.27. The van der Waals surface area contributed by atoms with Crippen molar-refractivity contribution in [3.8, 4) is 5.69 Å². The van der Waals surface area contributed by atoms with Gasteiger partial charge in [-0.15, -0.1) is 0 Å². The van der Waals surface area contributed by atoms with Gasteiger partial charge in [0.2, 0.25) is 0 Å². The zero-order valence-electron chi connectivity index (χ0n) is 31.8. The third-order valence-corrected chi connectivity index (χ3v) is 12.0. The van der Waals surface area contributed by atoms with Crippen LogP contribution < -0.4 is 0 Å². The minimum absolute atomic E-state index is 0.124. The molecule has 0 spiro atoms. The average molecular weight is 745 g/mol. The maximum atomic E-state index is 6.98. The molecule has 4 heterocycles. The summed E-state index contributed by atoms with van der Waals surface area (Å²) >= 11 is 0. The molecule has 58 heavy (non-hydrogen) atoms. The molecular formula is C53H36N4O. The monoisotopic (exact) mass is 744 g/mol. The van der Waals surface area contributed by atoms with Gasteiger partial charge >= 0.3 is 0 Å². The summed E-state index contributed by atoms with van der Waals surface area (Å²) < 4.78 is 11.7. The van der Waals surface area contributed by atoms with E-state index in [1.54, 1.807) is 0 Å². The van der Waals surface area contributed by atoms with Crippen molar-refractivity contribution in [1.82, 2.24) is 9.13 Å². The van der Waals surface area contributed by atoms with E-state index >= 15 is 0 Å². The lowest BCUT2D eigenvalue weighted by atomic mass is 9.94. The molecule has 11 aromatic rings. The second-order valence-corrected chi connectivity index (χ2v) is 15.4. The summed E-state index contributed by atoms with van der Waals surface area (Å²) in [5.41, 5.74) is 10.1. The fraction of sp³-hybridized carbons (Fsp3) is 0.0566. The fourth-order valence-electron chi connectivity index (χ4n) is 9.28. The topological polar surface area (TPSA) is 47.7 Å². The molecule has 5 heteroatoms. The van der Waals surface area contributed by atoms with Gasteiger partial charge in [0.15, 0.2) is 11.4 Å². The van der Waals surface area contributed by atoms with Crippen molar-refractivity contribution in [2.24, 2.45) is 15.9 Å². The Morgan fingerprint density at radius 3 is 1.83 bits per heavy atom. The molecule has 8 aromatic carbocycles. The van der Waals surface area contributed by atoms with Gasteiger partial charge in [-0.3, -0.25) is 4.57 Å². The van der Waals surface area contributed by atoms with Crippen LogP contribution in [0.5, 0.6) is 0 Å². The molecule has 1 aliphatic rings. The van der Waals surface area contributed by atoms with Crippen LogP contribution in [0.2, 0.25) is 0 Å². The van der Waals surface area contributed by atoms with Gasteiger partial charge in [-0.1, -0.05) is 134 Å². The Labute approximate surface area is 334 Å².